The lowest BCUT2D eigenvalue weighted by Gasteiger charge is -2.20. The monoisotopic (exact) mass is 442 g/mol. The van der Waals surface area contributed by atoms with Crippen molar-refractivity contribution < 1.29 is 9.90 Å². The van der Waals surface area contributed by atoms with Crippen molar-refractivity contribution in [1.82, 2.24) is 14.5 Å². The van der Waals surface area contributed by atoms with Crippen molar-refractivity contribution >= 4 is 39.9 Å². The lowest BCUT2D eigenvalue weighted by Crippen LogP contribution is -2.14. The molecule has 0 fully saturated rings. The maximum absolute atomic E-state index is 11.5. The number of hydrogen-bond acceptors (Lipinski definition) is 5. The van der Waals surface area contributed by atoms with Crippen molar-refractivity contribution in [3.05, 3.63) is 72.3 Å². The smallest absolute Gasteiger partial charge is 0.268 e. The van der Waals surface area contributed by atoms with E-state index < -0.39 is 12.0 Å². The number of carbonyl (C=O) groups excluding carboxylic acids is 1. The highest BCUT2D eigenvalue weighted by molar-refractivity contribution is 7.21. The summed E-state index contributed by atoms with van der Waals surface area (Å²) in [4.78, 5) is 20.6. The Bertz CT molecular complexity index is 1140. The van der Waals surface area contributed by atoms with Crippen LogP contribution in [0.1, 0.15) is 41.9 Å². The van der Waals surface area contributed by atoms with Gasteiger partial charge in [0.1, 0.15) is 10.7 Å². The maximum atomic E-state index is 11.5. The lowest BCUT2D eigenvalue weighted by molar-refractivity contribution is 0.0996. The first kappa shape index (κ1) is 22.0. The number of aliphatic hydroxyl groups excluding tert-OH is 1. The quantitative estimate of drug-likeness (QED) is 0.442. The predicted molar refractivity (Wildman–Crippen MR) is 122 cm³/mol. The maximum Gasteiger partial charge on any atom is 0.268 e. The van der Waals surface area contributed by atoms with Gasteiger partial charge in [0.15, 0.2) is 0 Å². The molecule has 1 amide bonds. The molecule has 0 bridgehead atoms. The zero-order valence-electron chi connectivity index (χ0n) is 16.4. The number of halogens is 1. The van der Waals surface area contributed by atoms with E-state index in [4.69, 9.17) is 10.7 Å². The van der Waals surface area contributed by atoms with Gasteiger partial charge in [0, 0.05) is 17.3 Å². The number of hydrogen-bond donors (Lipinski definition) is 2. The van der Waals surface area contributed by atoms with Crippen LogP contribution in [0.3, 0.4) is 0 Å². The van der Waals surface area contributed by atoms with E-state index in [0.29, 0.717) is 12.8 Å². The van der Waals surface area contributed by atoms with Crippen LogP contribution < -0.4 is 5.73 Å². The Kier molecular flexibility index (Phi) is 6.87. The first-order chi connectivity index (χ1) is 14.0. The van der Waals surface area contributed by atoms with E-state index in [1.54, 1.807) is 30.8 Å². The lowest BCUT2D eigenvalue weighted by atomic mass is 9.99. The van der Waals surface area contributed by atoms with Crippen LogP contribution >= 0.6 is 23.7 Å². The van der Waals surface area contributed by atoms with E-state index >= 15 is 0 Å². The third-order valence-electron chi connectivity index (χ3n) is 4.90. The minimum atomic E-state index is -0.559. The largest absolute Gasteiger partial charge is 0.393 e. The van der Waals surface area contributed by atoms with Crippen molar-refractivity contribution in [3.63, 3.8) is 0 Å². The molecule has 2 atom stereocenters. The van der Waals surface area contributed by atoms with Gasteiger partial charge in [-0.2, -0.15) is 0 Å². The van der Waals surface area contributed by atoms with Gasteiger partial charge in [-0.05, 0) is 25.8 Å². The Morgan fingerprint density at radius 3 is 2.60 bits per heavy atom. The van der Waals surface area contributed by atoms with E-state index in [1.807, 2.05) is 34.9 Å². The van der Waals surface area contributed by atoms with Crippen LogP contribution in [-0.2, 0) is 0 Å². The van der Waals surface area contributed by atoms with E-state index in [9.17, 15) is 9.90 Å². The third-order valence-corrected chi connectivity index (χ3v) is 5.97. The Balaban J connectivity index is 0.00000256. The molecule has 6 nitrogen and oxygen atoms in total. The van der Waals surface area contributed by atoms with Crippen molar-refractivity contribution in [2.24, 2.45) is 5.73 Å². The topological polar surface area (TPSA) is 94.0 Å². The fourth-order valence-corrected chi connectivity index (χ4v) is 4.45. The standard InChI is InChI=1S/C22H22N4O2S.ClH/c1-14(27)10-11-18(26-12-17(21(23)28)24-13-26)16-8-5-9-19-20(16)25-22(29-19)15-6-3-2-4-7-15;/h2-9,12-14,18,27H,10-11H2,1H3,(H2,23,28);1H/t14-,18?;/m0./s1. The zero-order valence-corrected chi connectivity index (χ0v) is 18.1. The summed E-state index contributed by atoms with van der Waals surface area (Å²) >= 11 is 1.65. The molecule has 0 spiro atoms. The van der Waals surface area contributed by atoms with Gasteiger partial charge in [-0.3, -0.25) is 4.79 Å². The van der Waals surface area contributed by atoms with Gasteiger partial charge in [-0.25, -0.2) is 9.97 Å². The average Bonchev–Trinajstić information content (AvgIpc) is 3.36. The Labute approximate surface area is 184 Å². The van der Waals surface area contributed by atoms with Crippen LogP contribution in [0.15, 0.2) is 61.1 Å². The molecule has 0 saturated carbocycles. The number of nitrogens with zero attached hydrogens (tertiary/aromatic N) is 3. The second-order valence-electron chi connectivity index (χ2n) is 7.09. The summed E-state index contributed by atoms with van der Waals surface area (Å²) in [6.07, 6.45) is 4.16. The molecule has 30 heavy (non-hydrogen) atoms. The SMILES string of the molecule is C[C@H](O)CCC(c1cccc2sc(-c3ccccc3)nc12)n1cnc(C(N)=O)c1.Cl. The van der Waals surface area contributed by atoms with Crippen molar-refractivity contribution in [1.29, 1.82) is 0 Å². The normalized spacial score (nSPS) is 13.0. The average molecular weight is 443 g/mol. The van der Waals surface area contributed by atoms with Crippen molar-refractivity contribution in [2.75, 3.05) is 0 Å². The molecule has 3 N–H and O–H groups in total. The highest BCUT2D eigenvalue weighted by atomic mass is 35.5. The van der Waals surface area contributed by atoms with Crippen LogP contribution in [0, 0.1) is 0 Å². The van der Waals surface area contributed by atoms with E-state index in [-0.39, 0.29) is 24.1 Å². The van der Waals surface area contributed by atoms with E-state index in [1.165, 1.54) is 0 Å². The number of rotatable bonds is 7. The minimum absolute atomic E-state index is 0. The predicted octanol–water partition coefficient (Wildman–Crippen LogP) is 4.43. The molecule has 8 heteroatoms. The molecule has 0 aliphatic rings. The van der Waals surface area contributed by atoms with Gasteiger partial charge in [-0.1, -0.05) is 42.5 Å². The number of primary amides is 1. The molecular formula is C22H23ClN4O2S. The molecule has 2 aromatic carbocycles. The molecule has 0 aliphatic heterocycles. The Hall–Kier alpha value is -2.74. The first-order valence-electron chi connectivity index (χ1n) is 9.49. The van der Waals surface area contributed by atoms with Crippen LogP contribution in [0.4, 0.5) is 0 Å². The number of aromatic nitrogens is 3. The van der Waals surface area contributed by atoms with Crippen LogP contribution in [0.25, 0.3) is 20.8 Å². The summed E-state index contributed by atoms with van der Waals surface area (Å²) in [5.41, 5.74) is 8.66. The molecule has 0 radical (unpaired) electrons. The molecule has 2 heterocycles. The first-order valence-corrected chi connectivity index (χ1v) is 10.3. The zero-order chi connectivity index (χ0) is 20.4. The molecule has 4 aromatic rings. The van der Waals surface area contributed by atoms with Gasteiger partial charge in [0.2, 0.25) is 0 Å². The number of imidazole rings is 1. The number of thiazole rings is 1. The van der Waals surface area contributed by atoms with Crippen LogP contribution in [-0.4, -0.2) is 31.7 Å². The molecule has 1 unspecified atom stereocenters. The fraction of sp³-hybridized carbons (Fsp3) is 0.227. The summed E-state index contributed by atoms with van der Waals surface area (Å²) in [7, 11) is 0. The second-order valence-corrected chi connectivity index (χ2v) is 8.12. The minimum Gasteiger partial charge on any atom is -0.393 e. The molecular weight excluding hydrogens is 420 g/mol. The van der Waals surface area contributed by atoms with Crippen molar-refractivity contribution in [2.45, 2.75) is 31.9 Å². The van der Waals surface area contributed by atoms with Gasteiger partial charge in [-0.15, -0.1) is 23.7 Å². The number of para-hydroxylation sites is 1. The number of nitrogens with two attached hydrogens (primary N) is 1. The number of fused-ring (bicyclic) bond motifs is 1. The van der Waals surface area contributed by atoms with Crippen LogP contribution in [0.2, 0.25) is 0 Å². The number of carbonyl (C=O) groups is 1. The Morgan fingerprint density at radius 2 is 1.93 bits per heavy atom. The molecule has 0 saturated heterocycles. The summed E-state index contributed by atoms with van der Waals surface area (Å²) in [6.45, 7) is 1.77. The van der Waals surface area contributed by atoms with Crippen molar-refractivity contribution in [3.8, 4) is 10.6 Å². The van der Waals surface area contributed by atoms with Gasteiger partial charge in [0.25, 0.3) is 5.91 Å². The second kappa shape index (κ2) is 9.38. The highest BCUT2D eigenvalue weighted by Crippen LogP contribution is 2.36. The Morgan fingerprint density at radius 1 is 1.17 bits per heavy atom. The fourth-order valence-electron chi connectivity index (χ4n) is 3.44. The highest BCUT2D eigenvalue weighted by Gasteiger charge is 2.21. The molecule has 0 aliphatic carbocycles. The molecule has 2 aromatic heterocycles. The van der Waals surface area contributed by atoms with Gasteiger partial charge in [0.05, 0.1) is 28.7 Å². The van der Waals surface area contributed by atoms with E-state index in [2.05, 4.69) is 23.2 Å². The number of benzene rings is 2. The van der Waals surface area contributed by atoms with Crippen LogP contribution in [0.5, 0.6) is 0 Å². The summed E-state index contributed by atoms with van der Waals surface area (Å²) in [6, 6.07) is 16.1. The van der Waals surface area contributed by atoms with E-state index in [0.717, 1.165) is 26.4 Å². The molecule has 4 rings (SSSR count). The summed E-state index contributed by atoms with van der Waals surface area (Å²) in [5, 5.41) is 10.8. The summed E-state index contributed by atoms with van der Waals surface area (Å²) in [5.74, 6) is -0.559. The summed E-state index contributed by atoms with van der Waals surface area (Å²) < 4.78 is 2.98. The molecule has 156 valence electrons. The number of aliphatic hydroxyl groups is 1. The van der Waals surface area contributed by atoms with Gasteiger partial charge >= 0.3 is 0 Å². The number of amides is 1. The third kappa shape index (κ3) is 4.53. The van der Waals surface area contributed by atoms with Gasteiger partial charge < -0.3 is 15.4 Å².